The van der Waals surface area contributed by atoms with E-state index in [1.165, 1.54) is 0 Å². The first-order chi connectivity index (χ1) is 6.15. The van der Waals surface area contributed by atoms with Crippen LogP contribution in [0.25, 0.3) is 0 Å². The Morgan fingerprint density at radius 2 is 2.08 bits per heavy atom. The van der Waals surface area contributed by atoms with Crippen molar-refractivity contribution in [1.82, 2.24) is 10.2 Å². The van der Waals surface area contributed by atoms with Gasteiger partial charge in [0.05, 0.1) is 0 Å². The van der Waals surface area contributed by atoms with E-state index in [0.717, 1.165) is 19.5 Å². The van der Waals surface area contributed by atoms with Crippen molar-refractivity contribution < 1.29 is 4.79 Å². The molecule has 0 saturated heterocycles. The molecule has 1 atom stereocenters. The number of amides is 2. The smallest absolute Gasteiger partial charge is 0.317 e. The molecule has 1 unspecified atom stereocenters. The minimum atomic E-state index is 0.0133. The van der Waals surface area contributed by atoms with E-state index in [-0.39, 0.29) is 12.1 Å². The Labute approximate surface area is 80.8 Å². The van der Waals surface area contributed by atoms with E-state index in [0.29, 0.717) is 0 Å². The second-order valence-corrected chi connectivity index (χ2v) is 3.05. The first kappa shape index (κ1) is 12.0. The highest BCUT2D eigenvalue weighted by molar-refractivity contribution is 5.74. The monoisotopic (exact) mass is 184 g/mol. The zero-order valence-electron chi connectivity index (χ0n) is 8.84. The Balaban J connectivity index is 3.89. The van der Waals surface area contributed by atoms with Crippen LogP contribution >= 0.6 is 0 Å². The number of hydrogen-bond donors (Lipinski definition) is 1. The number of carbonyl (C=O) groups excluding carboxylic acids is 1. The minimum absolute atomic E-state index is 0.0133. The second-order valence-electron chi connectivity index (χ2n) is 3.05. The van der Waals surface area contributed by atoms with Crippen LogP contribution in [0, 0.1) is 0 Å². The zero-order valence-corrected chi connectivity index (χ0v) is 8.84. The fraction of sp³-hybridized carbons (Fsp3) is 0.700. The van der Waals surface area contributed by atoms with Gasteiger partial charge in [-0.15, -0.1) is 6.58 Å². The summed E-state index contributed by atoms with van der Waals surface area (Å²) in [6, 6.07) is 0.185. The minimum Gasteiger partial charge on any atom is -0.335 e. The van der Waals surface area contributed by atoms with Crippen LogP contribution in [-0.2, 0) is 0 Å². The topological polar surface area (TPSA) is 32.3 Å². The summed E-state index contributed by atoms with van der Waals surface area (Å²) in [6.07, 6.45) is 2.63. The highest BCUT2D eigenvalue weighted by Crippen LogP contribution is 1.94. The van der Waals surface area contributed by atoms with E-state index in [1.54, 1.807) is 4.90 Å². The Hall–Kier alpha value is -0.990. The molecule has 0 heterocycles. The van der Waals surface area contributed by atoms with Gasteiger partial charge in [0.15, 0.2) is 0 Å². The quantitative estimate of drug-likeness (QED) is 0.651. The molecule has 3 nitrogen and oxygen atoms in total. The molecule has 0 aromatic rings. The standard InChI is InChI=1S/C10H20N2O/c1-5-8-9(4)11-10(13)12(6-2)7-3/h5,9H,1,6-8H2,2-4H3,(H,11,13). The molecule has 0 aliphatic heterocycles. The Kier molecular flexibility index (Phi) is 6.02. The molecule has 0 fully saturated rings. The van der Waals surface area contributed by atoms with Gasteiger partial charge in [0.25, 0.3) is 0 Å². The fourth-order valence-corrected chi connectivity index (χ4v) is 1.12. The third-order valence-electron chi connectivity index (χ3n) is 1.94. The van der Waals surface area contributed by atoms with Gasteiger partial charge >= 0.3 is 6.03 Å². The van der Waals surface area contributed by atoms with E-state index in [4.69, 9.17) is 0 Å². The molecule has 2 amide bonds. The molecule has 0 aliphatic carbocycles. The molecule has 0 aromatic heterocycles. The SMILES string of the molecule is C=CCC(C)NC(=O)N(CC)CC. The van der Waals surface area contributed by atoms with Crippen LogP contribution in [0.3, 0.4) is 0 Å². The summed E-state index contributed by atoms with van der Waals surface area (Å²) in [5.74, 6) is 0. The van der Waals surface area contributed by atoms with Crippen LogP contribution in [0.2, 0.25) is 0 Å². The van der Waals surface area contributed by atoms with Gasteiger partial charge in [-0.2, -0.15) is 0 Å². The van der Waals surface area contributed by atoms with E-state index < -0.39 is 0 Å². The molecule has 1 N–H and O–H groups in total. The molecule has 3 heteroatoms. The molecule has 76 valence electrons. The van der Waals surface area contributed by atoms with Gasteiger partial charge in [-0.3, -0.25) is 0 Å². The van der Waals surface area contributed by atoms with E-state index >= 15 is 0 Å². The number of nitrogens with zero attached hydrogens (tertiary/aromatic N) is 1. The van der Waals surface area contributed by atoms with Crippen LogP contribution < -0.4 is 5.32 Å². The highest BCUT2D eigenvalue weighted by Gasteiger charge is 2.10. The van der Waals surface area contributed by atoms with Crippen LogP contribution in [-0.4, -0.2) is 30.1 Å². The molecule has 0 bridgehead atoms. The average molecular weight is 184 g/mol. The third-order valence-corrected chi connectivity index (χ3v) is 1.94. The zero-order chi connectivity index (χ0) is 10.3. The molecule has 0 spiro atoms. The normalized spacial score (nSPS) is 11.9. The summed E-state index contributed by atoms with van der Waals surface area (Å²) >= 11 is 0. The first-order valence-corrected chi connectivity index (χ1v) is 4.82. The molecule has 0 aliphatic rings. The second kappa shape index (κ2) is 6.52. The maximum Gasteiger partial charge on any atom is 0.317 e. The van der Waals surface area contributed by atoms with Gasteiger partial charge < -0.3 is 10.2 Å². The van der Waals surface area contributed by atoms with Crippen molar-refractivity contribution in [3.63, 3.8) is 0 Å². The van der Waals surface area contributed by atoms with Crippen molar-refractivity contribution in [3.05, 3.63) is 12.7 Å². The van der Waals surface area contributed by atoms with Crippen molar-refractivity contribution in [3.8, 4) is 0 Å². The highest BCUT2D eigenvalue weighted by atomic mass is 16.2. The lowest BCUT2D eigenvalue weighted by molar-refractivity contribution is 0.200. The Bertz CT molecular complexity index is 164. The van der Waals surface area contributed by atoms with Crippen molar-refractivity contribution in [2.24, 2.45) is 0 Å². The maximum absolute atomic E-state index is 11.5. The Morgan fingerprint density at radius 3 is 2.46 bits per heavy atom. The van der Waals surface area contributed by atoms with Gasteiger partial charge in [-0.05, 0) is 27.2 Å². The summed E-state index contributed by atoms with van der Waals surface area (Å²) < 4.78 is 0. The third kappa shape index (κ3) is 4.55. The molecule has 0 saturated carbocycles. The average Bonchev–Trinajstić information content (AvgIpc) is 2.06. The number of urea groups is 1. The van der Waals surface area contributed by atoms with Crippen molar-refractivity contribution >= 4 is 6.03 Å². The number of carbonyl (C=O) groups is 1. The van der Waals surface area contributed by atoms with Crippen molar-refractivity contribution in [2.45, 2.75) is 33.2 Å². The maximum atomic E-state index is 11.5. The fourth-order valence-electron chi connectivity index (χ4n) is 1.12. The molecule has 0 aromatic carbocycles. The van der Waals surface area contributed by atoms with Crippen molar-refractivity contribution in [1.29, 1.82) is 0 Å². The van der Waals surface area contributed by atoms with E-state index in [2.05, 4.69) is 11.9 Å². The lowest BCUT2D eigenvalue weighted by Crippen LogP contribution is -2.43. The summed E-state index contributed by atoms with van der Waals surface area (Å²) in [5.41, 5.74) is 0. The van der Waals surface area contributed by atoms with E-state index in [1.807, 2.05) is 26.8 Å². The van der Waals surface area contributed by atoms with Crippen LogP contribution in [0.5, 0.6) is 0 Å². The lowest BCUT2D eigenvalue weighted by atomic mass is 10.2. The largest absolute Gasteiger partial charge is 0.335 e. The van der Waals surface area contributed by atoms with E-state index in [9.17, 15) is 4.79 Å². The Morgan fingerprint density at radius 1 is 1.54 bits per heavy atom. The van der Waals surface area contributed by atoms with Crippen LogP contribution in [0.1, 0.15) is 27.2 Å². The summed E-state index contributed by atoms with van der Waals surface area (Å²) in [6.45, 7) is 11.1. The molecule has 13 heavy (non-hydrogen) atoms. The summed E-state index contributed by atoms with van der Waals surface area (Å²) in [4.78, 5) is 13.2. The lowest BCUT2D eigenvalue weighted by Gasteiger charge is -2.21. The summed E-state index contributed by atoms with van der Waals surface area (Å²) in [5, 5.41) is 2.90. The predicted octanol–water partition coefficient (Wildman–Crippen LogP) is 2.00. The van der Waals surface area contributed by atoms with Gasteiger partial charge in [0, 0.05) is 19.1 Å². The molecule has 0 rings (SSSR count). The predicted molar refractivity (Wildman–Crippen MR) is 55.7 cm³/mol. The molecule has 0 radical (unpaired) electrons. The number of nitrogens with one attached hydrogen (secondary N) is 1. The molecular formula is C10H20N2O. The molecular weight excluding hydrogens is 164 g/mol. The van der Waals surface area contributed by atoms with Crippen LogP contribution in [0.4, 0.5) is 4.79 Å². The van der Waals surface area contributed by atoms with Gasteiger partial charge in [-0.25, -0.2) is 4.79 Å². The van der Waals surface area contributed by atoms with Gasteiger partial charge in [0.1, 0.15) is 0 Å². The number of rotatable bonds is 5. The first-order valence-electron chi connectivity index (χ1n) is 4.82. The van der Waals surface area contributed by atoms with Crippen LogP contribution in [0.15, 0.2) is 12.7 Å². The van der Waals surface area contributed by atoms with Gasteiger partial charge in [0.2, 0.25) is 0 Å². The summed E-state index contributed by atoms with van der Waals surface area (Å²) in [7, 11) is 0. The van der Waals surface area contributed by atoms with Gasteiger partial charge in [-0.1, -0.05) is 6.08 Å². The van der Waals surface area contributed by atoms with Crippen molar-refractivity contribution in [2.75, 3.05) is 13.1 Å². The number of hydrogen-bond acceptors (Lipinski definition) is 1.